The molecule has 0 saturated carbocycles. The number of benzene rings is 2. The maximum absolute atomic E-state index is 11.1. The lowest BCUT2D eigenvalue weighted by Crippen LogP contribution is -2.04. The summed E-state index contributed by atoms with van der Waals surface area (Å²) in [5.41, 5.74) is 13.2. The van der Waals surface area contributed by atoms with Crippen LogP contribution in [-0.4, -0.2) is 25.2 Å². The fourth-order valence-corrected chi connectivity index (χ4v) is 1.67. The summed E-state index contributed by atoms with van der Waals surface area (Å²) in [5, 5.41) is 0. The van der Waals surface area contributed by atoms with Crippen LogP contribution in [0.25, 0.3) is 0 Å². The molecule has 0 radical (unpaired) electrons. The minimum absolute atomic E-state index is 0.308. The van der Waals surface area contributed by atoms with E-state index in [1.807, 2.05) is 0 Å². The lowest BCUT2D eigenvalue weighted by atomic mass is 10.2. The summed E-state index contributed by atoms with van der Waals surface area (Å²) in [5.74, 6) is -0.616. The minimum atomic E-state index is -0.308. The predicted molar refractivity (Wildman–Crippen MR) is 93.6 cm³/mol. The number of nitrogens with two attached hydrogens (primary N) is 2. The maximum Gasteiger partial charge on any atom is 0.338 e. The van der Waals surface area contributed by atoms with Crippen molar-refractivity contribution in [2.45, 2.75) is 13.8 Å². The van der Waals surface area contributed by atoms with Crippen molar-refractivity contribution in [2.24, 2.45) is 0 Å². The summed E-state index contributed by atoms with van der Waals surface area (Å²) in [6.45, 7) is 4.33. The first-order valence-electron chi connectivity index (χ1n) is 7.53. The molecule has 0 fully saturated rings. The molecule has 0 amide bonds. The van der Waals surface area contributed by atoms with Gasteiger partial charge in [0.05, 0.1) is 24.3 Å². The zero-order valence-electron chi connectivity index (χ0n) is 13.8. The Bertz CT molecular complexity index is 592. The van der Waals surface area contributed by atoms with E-state index in [0.29, 0.717) is 35.7 Å². The van der Waals surface area contributed by atoms with Crippen molar-refractivity contribution in [1.82, 2.24) is 0 Å². The van der Waals surface area contributed by atoms with Gasteiger partial charge < -0.3 is 20.9 Å². The Morgan fingerprint density at radius 2 is 1.00 bits per heavy atom. The lowest BCUT2D eigenvalue weighted by Gasteiger charge is -2.00. The second-order valence-corrected chi connectivity index (χ2v) is 4.68. The van der Waals surface area contributed by atoms with Crippen LogP contribution < -0.4 is 11.5 Å². The van der Waals surface area contributed by atoms with Crippen molar-refractivity contribution in [3.63, 3.8) is 0 Å². The molecule has 0 aliphatic carbocycles. The van der Waals surface area contributed by atoms with Crippen LogP contribution in [0.4, 0.5) is 11.4 Å². The second-order valence-electron chi connectivity index (χ2n) is 4.68. The number of anilines is 2. The summed E-state index contributed by atoms with van der Waals surface area (Å²) in [6, 6.07) is 13.3. The third-order valence-electron chi connectivity index (χ3n) is 2.84. The third-order valence-corrected chi connectivity index (χ3v) is 2.84. The quantitative estimate of drug-likeness (QED) is 0.660. The van der Waals surface area contributed by atoms with E-state index in [1.54, 1.807) is 62.4 Å². The van der Waals surface area contributed by atoms with Gasteiger partial charge >= 0.3 is 11.9 Å². The molecule has 0 saturated heterocycles. The molecule has 6 nitrogen and oxygen atoms in total. The van der Waals surface area contributed by atoms with Crippen LogP contribution in [0.15, 0.2) is 48.5 Å². The van der Waals surface area contributed by atoms with E-state index < -0.39 is 0 Å². The Labute approximate surface area is 141 Å². The zero-order chi connectivity index (χ0) is 17.9. The molecular weight excluding hydrogens is 308 g/mol. The van der Waals surface area contributed by atoms with E-state index in [0.717, 1.165) is 0 Å². The van der Waals surface area contributed by atoms with Gasteiger partial charge in [0.15, 0.2) is 0 Å². The molecule has 24 heavy (non-hydrogen) atoms. The number of esters is 2. The molecule has 0 spiro atoms. The first-order chi connectivity index (χ1) is 11.5. The minimum Gasteiger partial charge on any atom is -0.462 e. The molecule has 0 heterocycles. The van der Waals surface area contributed by atoms with Crippen LogP contribution in [0.2, 0.25) is 0 Å². The maximum atomic E-state index is 11.1. The van der Waals surface area contributed by atoms with Gasteiger partial charge in [-0.1, -0.05) is 0 Å². The van der Waals surface area contributed by atoms with Crippen molar-refractivity contribution < 1.29 is 19.1 Å². The molecule has 0 aliphatic heterocycles. The number of hydrogen-bond acceptors (Lipinski definition) is 6. The van der Waals surface area contributed by atoms with Crippen molar-refractivity contribution in [1.29, 1.82) is 0 Å². The Hall–Kier alpha value is -3.02. The predicted octanol–water partition coefficient (Wildman–Crippen LogP) is 2.89. The summed E-state index contributed by atoms with van der Waals surface area (Å²) < 4.78 is 9.58. The number of carbonyl (C=O) groups is 2. The smallest absolute Gasteiger partial charge is 0.338 e. The van der Waals surface area contributed by atoms with E-state index in [2.05, 4.69) is 0 Å². The molecule has 4 N–H and O–H groups in total. The highest BCUT2D eigenvalue weighted by molar-refractivity contribution is 5.90. The van der Waals surface area contributed by atoms with Crippen molar-refractivity contribution in [3.8, 4) is 0 Å². The van der Waals surface area contributed by atoms with Crippen molar-refractivity contribution in [3.05, 3.63) is 59.7 Å². The highest BCUT2D eigenvalue weighted by atomic mass is 16.5. The first-order valence-corrected chi connectivity index (χ1v) is 7.53. The normalized spacial score (nSPS) is 9.42. The average Bonchev–Trinajstić information content (AvgIpc) is 2.57. The van der Waals surface area contributed by atoms with Gasteiger partial charge in [0.25, 0.3) is 0 Å². The van der Waals surface area contributed by atoms with E-state index in [1.165, 1.54) is 0 Å². The Balaban J connectivity index is 0.000000240. The monoisotopic (exact) mass is 330 g/mol. The molecule has 0 aliphatic rings. The Morgan fingerprint density at radius 3 is 1.25 bits per heavy atom. The standard InChI is InChI=1S/2C9H11NO2/c2*1-2-12-9(11)7-3-5-8(10)6-4-7/h2*3-6H,2,10H2,1H3. The second kappa shape index (κ2) is 9.89. The summed E-state index contributed by atoms with van der Waals surface area (Å²) in [7, 11) is 0. The van der Waals surface area contributed by atoms with E-state index in [-0.39, 0.29) is 11.9 Å². The summed E-state index contributed by atoms with van der Waals surface area (Å²) in [4.78, 5) is 22.2. The van der Waals surface area contributed by atoms with Gasteiger partial charge in [-0.05, 0) is 62.4 Å². The van der Waals surface area contributed by atoms with Crippen molar-refractivity contribution in [2.75, 3.05) is 24.7 Å². The van der Waals surface area contributed by atoms with Gasteiger partial charge in [-0.25, -0.2) is 9.59 Å². The average molecular weight is 330 g/mol. The van der Waals surface area contributed by atoms with Crippen molar-refractivity contribution >= 4 is 23.3 Å². The number of rotatable bonds is 4. The molecule has 2 aromatic rings. The number of nitrogen functional groups attached to an aromatic ring is 2. The van der Waals surface area contributed by atoms with Gasteiger partial charge in [-0.15, -0.1) is 0 Å². The van der Waals surface area contributed by atoms with E-state index >= 15 is 0 Å². The molecule has 0 atom stereocenters. The lowest BCUT2D eigenvalue weighted by molar-refractivity contribution is 0.0517. The topological polar surface area (TPSA) is 105 Å². The Kier molecular flexibility index (Phi) is 7.84. The number of ether oxygens (including phenoxy) is 2. The molecule has 2 rings (SSSR count). The molecular formula is C18H22N2O4. The third kappa shape index (κ3) is 6.39. The molecule has 128 valence electrons. The van der Waals surface area contributed by atoms with Gasteiger partial charge in [0, 0.05) is 11.4 Å². The van der Waals surface area contributed by atoms with Crippen LogP contribution in [0.3, 0.4) is 0 Å². The van der Waals surface area contributed by atoms with Gasteiger partial charge in [0.2, 0.25) is 0 Å². The van der Waals surface area contributed by atoms with Crippen LogP contribution in [0.5, 0.6) is 0 Å². The molecule has 0 aromatic heterocycles. The fraction of sp³-hybridized carbons (Fsp3) is 0.222. The summed E-state index contributed by atoms with van der Waals surface area (Å²) in [6.07, 6.45) is 0. The summed E-state index contributed by atoms with van der Waals surface area (Å²) >= 11 is 0. The number of carbonyl (C=O) groups excluding carboxylic acids is 2. The number of hydrogen-bond donors (Lipinski definition) is 2. The van der Waals surface area contributed by atoms with Gasteiger partial charge in [-0.2, -0.15) is 0 Å². The fourth-order valence-electron chi connectivity index (χ4n) is 1.67. The van der Waals surface area contributed by atoms with Crippen LogP contribution >= 0.6 is 0 Å². The largest absolute Gasteiger partial charge is 0.462 e. The zero-order valence-corrected chi connectivity index (χ0v) is 13.8. The van der Waals surface area contributed by atoms with Crippen LogP contribution in [-0.2, 0) is 9.47 Å². The molecule has 0 unspecified atom stereocenters. The van der Waals surface area contributed by atoms with Gasteiger partial charge in [-0.3, -0.25) is 0 Å². The van der Waals surface area contributed by atoms with E-state index in [9.17, 15) is 9.59 Å². The highest BCUT2D eigenvalue weighted by Gasteiger charge is 2.04. The molecule has 6 heteroatoms. The molecule has 0 bridgehead atoms. The van der Waals surface area contributed by atoms with Crippen LogP contribution in [0.1, 0.15) is 34.6 Å². The highest BCUT2D eigenvalue weighted by Crippen LogP contribution is 2.07. The van der Waals surface area contributed by atoms with Gasteiger partial charge in [0.1, 0.15) is 0 Å². The SMILES string of the molecule is CCOC(=O)c1ccc(N)cc1.CCOC(=O)c1ccc(N)cc1. The Morgan fingerprint density at radius 1 is 0.708 bits per heavy atom. The first kappa shape index (κ1) is 19.0. The molecule has 2 aromatic carbocycles. The van der Waals surface area contributed by atoms with Crippen LogP contribution in [0, 0.1) is 0 Å². The van der Waals surface area contributed by atoms with E-state index in [4.69, 9.17) is 20.9 Å².